The molecule has 0 amide bonds. The standard InChI is InChI=1S/C9H10BrNO3/c1-12-5-7-8(10)13-6-3-2-4-11-9(6)14-7/h2-4,7-8H,5H2,1H3. The molecular formula is C9H10BrNO3. The Hall–Kier alpha value is -0.810. The van der Waals surface area contributed by atoms with Crippen LogP contribution in [0.4, 0.5) is 0 Å². The van der Waals surface area contributed by atoms with Crippen LogP contribution in [0, 0.1) is 0 Å². The Morgan fingerprint density at radius 2 is 2.43 bits per heavy atom. The Balaban J connectivity index is 2.18. The molecule has 0 saturated carbocycles. The molecule has 0 bridgehead atoms. The molecule has 0 N–H and O–H groups in total. The summed E-state index contributed by atoms with van der Waals surface area (Å²) < 4.78 is 16.1. The van der Waals surface area contributed by atoms with Crippen molar-refractivity contribution in [3.63, 3.8) is 0 Å². The molecule has 0 fully saturated rings. The summed E-state index contributed by atoms with van der Waals surface area (Å²) >= 11 is 3.37. The summed E-state index contributed by atoms with van der Waals surface area (Å²) in [5, 5.41) is -0.195. The predicted octanol–water partition coefficient (Wildman–Crippen LogP) is 1.59. The topological polar surface area (TPSA) is 40.6 Å². The van der Waals surface area contributed by atoms with Gasteiger partial charge in [0, 0.05) is 13.3 Å². The molecular weight excluding hydrogens is 250 g/mol. The van der Waals surface area contributed by atoms with Crippen LogP contribution in [-0.2, 0) is 4.74 Å². The smallest absolute Gasteiger partial charge is 0.257 e. The Labute approximate surface area is 90.3 Å². The zero-order valence-corrected chi connectivity index (χ0v) is 9.23. The first kappa shape index (κ1) is 9.73. The van der Waals surface area contributed by atoms with E-state index in [-0.39, 0.29) is 11.1 Å². The molecule has 1 aromatic heterocycles. The van der Waals surface area contributed by atoms with Gasteiger partial charge in [-0.2, -0.15) is 0 Å². The Morgan fingerprint density at radius 1 is 1.57 bits per heavy atom. The van der Waals surface area contributed by atoms with Crippen LogP contribution >= 0.6 is 15.9 Å². The summed E-state index contributed by atoms with van der Waals surface area (Å²) in [5.74, 6) is 1.17. The second kappa shape index (κ2) is 4.14. The summed E-state index contributed by atoms with van der Waals surface area (Å²) in [6.45, 7) is 0.464. The van der Waals surface area contributed by atoms with Crippen LogP contribution in [0.5, 0.6) is 11.6 Å². The van der Waals surface area contributed by atoms with Gasteiger partial charge in [-0.25, -0.2) is 4.98 Å². The van der Waals surface area contributed by atoms with Gasteiger partial charge in [-0.15, -0.1) is 0 Å². The molecule has 1 aliphatic heterocycles. The quantitative estimate of drug-likeness (QED) is 0.757. The number of aromatic nitrogens is 1. The number of halogens is 1. The molecule has 4 nitrogen and oxygen atoms in total. The number of hydrogen-bond acceptors (Lipinski definition) is 4. The highest BCUT2D eigenvalue weighted by Crippen LogP contribution is 2.32. The fourth-order valence-electron chi connectivity index (χ4n) is 1.22. The minimum absolute atomic E-state index is 0.164. The number of pyridine rings is 1. The molecule has 2 rings (SSSR count). The van der Waals surface area contributed by atoms with Crippen molar-refractivity contribution in [2.45, 2.75) is 11.1 Å². The van der Waals surface area contributed by atoms with E-state index < -0.39 is 0 Å². The summed E-state index contributed by atoms with van der Waals surface area (Å²) in [6.07, 6.45) is 1.50. The van der Waals surface area contributed by atoms with Gasteiger partial charge in [0.05, 0.1) is 6.61 Å². The second-order valence-electron chi connectivity index (χ2n) is 2.89. The molecule has 5 heteroatoms. The lowest BCUT2D eigenvalue weighted by molar-refractivity contribution is 0.0121. The lowest BCUT2D eigenvalue weighted by atomic mass is 10.3. The first-order chi connectivity index (χ1) is 6.81. The number of fused-ring (bicyclic) bond motifs is 1. The average Bonchev–Trinajstić information content (AvgIpc) is 2.19. The van der Waals surface area contributed by atoms with Gasteiger partial charge in [0.2, 0.25) is 0 Å². The van der Waals surface area contributed by atoms with E-state index >= 15 is 0 Å². The lowest BCUT2D eigenvalue weighted by Crippen LogP contribution is -2.39. The minimum atomic E-state index is -0.195. The van der Waals surface area contributed by atoms with Crippen LogP contribution in [0.1, 0.15) is 0 Å². The van der Waals surface area contributed by atoms with Crippen molar-refractivity contribution in [1.29, 1.82) is 0 Å². The van der Waals surface area contributed by atoms with E-state index in [1.54, 1.807) is 19.4 Å². The highest BCUT2D eigenvalue weighted by Gasteiger charge is 2.30. The van der Waals surface area contributed by atoms with Gasteiger partial charge in [0.1, 0.15) is 0 Å². The number of nitrogens with zero attached hydrogens (tertiary/aromatic N) is 1. The average molecular weight is 260 g/mol. The van der Waals surface area contributed by atoms with E-state index in [2.05, 4.69) is 20.9 Å². The molecule has 0 aliphatic carbocycles. The lowest BCUT2D eigenvalue weighted by Gasteiger charge is -2.29. The van der Waals surface area contributed by atoms with Crippen molar-refractivity contribution in [2.75, 3.05) is 13.7 Å². The molecule has 0 saturated heterocycles. The Morgan fingerprint density at radius 3 is 3.21 bits per heavy atom. The Bertz CT molecular complexity index is 321. The second-order valence-corrected chi connectivity index (χ2v) is 3.79. The van der Waals surface area contributed by atoms with Crippen molar-refractivity contribution >= 4 is 15.9 Å². The molecule has 2 atom stereocenters. The SMILES string of the molecule is COCC1Oc2ncccc2OC1Br. The van der Waals surface area contributed by atoms with Crippen molar-refractivity contribution in [3.05, 3.63) is 18.3 Å². The maximum atomic E-state index is 5.58. The highest BCUT2D eigenvalue weighted by molar-refractivity contribution is 9.09. The van der Waals surface area contributed by atoms with E-state index in [0.717, 1.165) is 0 Å². The van der Waals surface area contributed by atoms with Crippen LogP contribution in [0.3, 0.4) is 0 Å². The van der Waals surface area contributed by atoms with E-state index in [0.29, 0.717) is 18.2 Å². The summed E-state index contributed by atoms with van der Waals surface area (Å²) in [4.78, 5) is 4.06. The number of ether oxygens (including phenoxy) is 3. The summed E-state index contributed by atoms with van der Waals surface area (Å²) in [5.41, 5.74) is 0. The summed E-state index contributed by atoms with van der Waals surface area (Å²) in [6, 6.07) is 3.62. The normalized spacial score (nSPS) is 24.7. The summed E-state index contributed by atoms with van der Waals surface area (Å²) in [7, 11) is 1.62. The van der Waals surface area contributed by atoms with Gasteiger partial charge in [0.15, 0.2) is 16.9 Å². The molecule has 0 radical (unpaired) electrons. The number of hydrogen-bond donors (Lipinski definition) is 0. The first-order valence-corrected chi connectivity index (χ1v) is 5.14. The fourth-order valence-corrected chi connectivity index (χ4v) is 1.68. The monoisotopic (exact) mass is 259 g/mol. The van der Waals surface area contributed by atoms with Crippen LogP contribution in [0.25, 0.3) is 0 Å². The predicted molar refractivity (Wildman–Crippen MR) is 53.9 cm³/mol. The Kier molecular flexibility index (Phi) is 2.88. The zero-order valence-electron chi connectivity index (χ0n) is 7.64. The van der Waals surface area contributed by atoms with Crippen LogP contribution in [0.15, 0.2) is 18.3 Å². The van der Waals surface area contributed by atoms with Gasteiger partial charge in [-0.3, -0.25) is 0 Å². The highest BCUT2D eigenvalue weighted by atomic mass is 79.9. The van der Waals surface area contributed by atoms with E-state index in [4.69, 9.17) is 14.2 Å². The zero-order chi connectivity index (χ0) is 9.97. The van der Waals surface area contributed by atoms with Crippen molar-refractivity contribution in [3.8, 4) is 11.6 Å². The first-order valence-electron chi connectivity index (χ1n) is 4.22. The van der Waals surface area contributed by atoms with Gasteiger partial charge < -0.3 is 14.2 Å². The van der Waals surface area contributed by atoms with Gasteiger partial charge >= 0.3 is 0 Å². The van der Waals surface area contributed by atoms with Crippen LogP contribution in [-0.4, -0.2) is 29.8 Å². The van der Waals surface area contributed by atoms with E-state index in [9.17, 15) is 0 Å². The molecule has 2 unspecified atom stereocenters. The van der Waals surface area contributed by atoms with Crippen molar-refractivity contribution in [2.24, 2.45) is 0 Å². The van der Waals surface area contributed by atoms with Crippen LogP contribution < -0.4 is 9.47 Å². The van der Waals surface area contributed by atoms with E-state index in [1.807, 2.05) is 6.07 Å². The van der Waals surface area contributed by atoms with Crippen molar-refractivity contribution < 1.29 is 14.2 Å². The maximum absolute atomic E-state index is 5.58. The molecule has 76 valence electrons. The number of alkyl halides is 1. The van der Waals surface area contributed by atoms with Crippen molar-refractivity contribution in [1.82, 2.24) is 4.98 Å². The number of methoxy groups -OCH3 is 1. The third-order valence-electron chi connectivity index (χ3n) is 1.86. The minimum Gasteiger partial charge on any atom is -0.470 e. The maximum Gasteiger partial charge on any atom is 0.257 e. The van der Waals surface area contributed by atoms with E-state index in [1.165, 1.54) is 0 Å². The van der Waals surface area contributed by atoms with Gasteiger partial charge in [-0.05, 0) is 28.1 Å². The van der Waals surface area contributed by atoms with Gasteiger partial charge in [0.25, 0.3) is 5.88 Å². The molecule has 0 aromatic carbocycles. The third-order valence-corrected chi connectivity index (χ3v) is 2.64. The largest absolute Gasteiger partial charge is 0.470 e. The van der Waals surface area contributed by atoms with Gasteiger partial charge in [-0.1, -0.05) is 0 Å². The molecule has 1 aromatic rings. The molecule has 14 heavy (non-hydrogen) atoms. The molecule has 0 spiro atoms. The molecule has 1 aliphatic rings. The van der Waals surface area contributed by atoms with Crippen LogP contribution in [0.2, 0.25) is 0 Å². The number of rotatable bonds is 2. The molecule has 2 heterocycles. The fraction of sp³-hybridized carbons (Fsp3) is 0.444. The third kappa shape index (κ3) is 1.83.